The molecule has 154 valence electrons. The molecule has 2 aliphatic rings. The Labute approximate surface area is 171 Å². The minimum Gasteiger partial charge on any atom is -0.355 e. The van der Waals surface area contributed by atoms with Gasteiger partial charge in [-0.15, -0.1) is 0 Å². The first-order valence-corrected chi connectivity index (χ1v) is 10.2. The molecule has 4 rings (SSSR count). The van der Waals surface area contributed by atoms with Crippen molar-refractivity contribution in [2.75, 3.05) is 51.2 Å². The summed E-state index contributed by atoms with van der Waals surface area (Å²) in [7, 11) is 3.63. The molecule has 3 heterocycles. The molecule has 2 aromatic rings. The van der Waals surface area contributed by atoms with Gasteiger partial charge in [0.25, 0.3) is 0 Å². The van der Waals surface area contributed by atoms with Gasteiger partial charge in [-0.3, -0.25) is 19.4 Å². The van der Waals surface area contributed by atoms with Crippen molar-refractivity contribution in [3.05, 3.63) is 47.8 Å². The largest absolute Gasteiger partial charge is 0.355 e. The molecular formula is C21H29N7O. The summed E-state index contributed by atoms with van der Waals surface area (Å²) in [6.07, 6.45) is 4.71. The van der Waals surface area contributed by atoms with Crippen molar-refractivity contribution in [2.24, 2.45) is 12.0 Å². The minimum atomic E-state index is 0.0693. The Kier molecular flexibility index (Phi) is 5.80. The molecule has 2 aliphatic heterocycles. The number of guanidine groups is 1. The summed E-state index contributed by atoms with van der Waals surface area (Å²) in [6.45, 7) is 5.55. The lowest BCUT2D eigenvalue weighted by atomic mass is 10.00. The molecule has 0 aliphatic carbocycles. The lowest BCUT2D eigenvalue weighted by Gasteiger charge is -2.35. The first kappa shape index (κ1) is 19.4. The molecule has 0 bridgehead atoms. The summed E-state index contributed by atoms with van der Waals surface area (Å²) in [5, 5.41) is 7.60. The summed E-state index contributed by atoms with van der Waals surface area (Å²) in [5.74, 6) is 0.862. The third kappa shape index (κ3) is 4.42. The van der Waals surface area contributed by atoms with E-state index in [0.717, 1.165) is 50.8 Å². The van der Waals surface area contributed by atoms with Gasteiger partial charge in [0.15, 0.2) is 5.96 Å². The summed E-state index contributed by atoms with van der Waals surface area (Å²) >= 11 is 0. The zero-order valence-electron chi connectivity index (χ0n) is 17.2. The second kappa shape index (κ2) is 8.65. The number of aryl methyl sites for hydroxylation is 1. The van der Waals surface area contributed by atoms with Gasteiger partial charge < -0.3 is 15.1 Å². The van der Waals surface area contributed by atoms with E-state index in [9.17, 15) is 4.79 Å². The van der Waals surface area contributed by atoms with Crippen molar-refractivity contribution in [1.82, 2.24) is 24.9 Å². The molecule has 8 heteroatoms. The molecule has 0 spiro atoms. The normalized spacial score (nSPS) is 18.1. The number of amides is 1. The van der Waals surface area contributed by atoms with E-state index in [2.05, 4.69) is 44.6 Å². The SMILES string of the molecule is CN=C(NCCN1CCc2ccccc2C1)N1CCN(c2cnn(C)c2)C(=O)C1. The predicted molar refractivity (Wildman–Crippen MR) is 114 cm³/mol. The van der Waals surface area contributed by atoms with Crippen molar-refractivity contribution in [3.63, 3.8) is 0 Å². The van der Waals surface area contributed by atoms with Crippen molar-refractivity contribution in [2.45, 2.75) is 13.0 Å². The van der Waals surface area contributed by atoms with Crippen LogP contribution in [0.1, 0.15) is 11.1 Å². The molecule has 1 saturated heterocycles. The number of hydrogen-bond donors (Lipinski definition) is 1. The molecule has 1 fully saturated rings. The smallest absolute Gasteiger partial charge is 0.246 e. The van der Waals surface area contributed by atoms with Gasteiger partial charge in [0.1, 0.15) is 6.54 Å². The highest BCUT2D eigenvalue weighted by Crippen LogP contribution is 2.18. The van der Waals surface area contributed by atoms with Crippen LogP contribution >= 0.6 is 0 Å². The van der Waals surface area contributed by atoms with Crippen LogP contribution in [-0.4, -0.2) is 77.8 Å². The molecule has 0 radical (unpaired) electrons. The maximum atomic E-state index is 12.6. The van der Waals surface area contributed by atoms with Crippen molar-refractivity contribution >= 4 is 17.6 Å². The van der Waals surface area contributed by atoms with Crippen LogP contribution in [0.3, 0.4) is 0 Å². The zero-order chi connectivity index (χ0) is 20.2. The molecule has 29 heavy (non-hydrogen) atoms. The van der Waals surface area contributed by atoms with E-state index in [1.807, 2.05) is 18.1 Å². The van der Waals surface area contributed by atoms with Crippen molar-refractivity contribution in [3.8, 4) is 0 Å². The highest BCUT2D eigenvalue weighted by atomic mass is 16.2. The van der Waals surface area contributed by atoms with Gasteiger partial charge in [-0.2, -0.15) is 5.10 Å². The van der Waals surface area contributed by atoms with Crippen LogP contribution in [0.4, 0.5) is 5.69 Å². The average molecular weight is 396 g/mol. The van der Waals surface area contributed by atoms with E-state index in [1.54, 1.807) is 22.8 Å². The number of nitrogens with zero attached hydrogens (tertiary/aromatic N) is 6. The Morgan fingerprint density at radius 3 is 2.72 bits per heavy atom. The summed E-state index contributed by atoms with van der Waals surface area (Å²) in [4.78, 5) is 23.3. The number of nitrogens with one attached hydrogen (secondary N) is 1. The van der Waals surface area contributed by atoms with Crippen LogP contribution in [0.2, 0.25) is 0 Å². The fourth-order valence-electron chi connectivity index (χ4n) is 4.08. The first-order chi connectivity index (χ1) is 14.1. The molecular weight excluding hydrogens is 366 g/mol. The van der Waals surface area contributed by atoms with Crippen LogP contribution in [0, 0.1) is 0 Å². The Morgan fingerprint density at radius 1 is 1.17 bits per heavy atom. The highest BCUT2D eigenvalue weighted by Gasteiger charge is 2.27. The van der Waals surface area contributed by atoms with Crippen LogP contribution < -0.4 is 10.2 Å². The maximum Gasteiger partial charge on any atom is 0.246 e. The second-order valence-corrected chi connectivity index (χ2v) is 7.61. The molecule has 1 aromatic heterocycles. The van der Waals surface area contributed by atoms with Gasteiger partial charge in [-0.25, -0.2) is 0 Å². The van der Waals surface area contributed by atoms with E-state index in [4.69, 9.17) is 0 Å². The number of fused-ring (bicyclic) bond motifs is 1. The van der Waals surface area contributed by atoms with E-state index in [1.165, 1.54) is 11.1 Å². The molecule has 8 nitrogen and oxygen atoms in total. The minimum absolute atomic E-state index is 0.0693. The lowest BCUT2D eigenvalue weighted by Crippen LogP contribution is -2.56. The van der Waals surface area contributed by atoms with Crippen molar-refractivity contribution < 1.29 is 4.79 Å². The number of rotatable bonds is 4. The Balaban J connectivity index is 1.26. The Bertz CT molecular complexity index is 891. The summed E-state index contributed by atoms with van der Waals surface area (Å²) in [6, 6.07) is 8.69. The van der Waals surface area contributed by atoms with Gasteiger partial charge in [-0.1, -0.05) is 24.3 Å². The third-order valence-corrected chi connectivity index (χ3v) is 5.66. The van der Waals surface area contributed by atoms with Crippen LogP contribution in [0.5, 0.6) is 0 Å². The molecule has 1 aromatic carbocycles. The van der Waals surface area contributed by atoms with Gasteiger partial charge in [0.2, 0.25) is 5.91 Å². The highest BCUT2D eigenvalue weighted by molar-refractivity contribution is 5.98. The summed E-state index contributed by atoms with van der Waals surface area (Å²) in [5.41, 5.74) is 3.75. The summed E-state index contributed by atoms with van der Waals surface area (Å²) < 4.78 is 1.72. The molecule has 1 amide bonds. The number of piperazine rings is 1. The van der Waals surface area contributed by atoms with E-state index in [0.29, 0.717) is 13.1 Å². The van der Waals surface area contributed by atoms with Gasteiger partial charge in [-0.05, 0) is 17.5 Å². The zero-order valence-corrected chi connectivity index (χ0v) is 17.2. The molecule has 1 N–H and O–H groups in total. The fourth-order valence-corrected chi connectivity index (χ4v) is 4.08. The quantitative estimate of drug-likeness (QED) is 0.610. The number of aliphatic imine (C=N–C) groups is 1. The number of benzene rings is 1. The monoisotopic (exact) mass is 395 g/mol. The second-order valence-electron chi connectivity index (χ2n) is 7.61. The van der Waals surface area contributed by atoms with Gasteiger partial charge >= 0.3 is 0 Å². The number of hydrogen-bond acceptors (Lipinski definition) is 4. The number of aromatic nitrogens is 2. The standard InChI is InChI=1S/C21H29N7O/c1-22-21(23-8-10-26-9-7-17-5-3-4-6-18(17)14-26)27-11-12-28(20(29)16-27)19-13-24-25(2)15-19/h3-6,13,15H,7-12,14,16H2,1-2H3,(H,22,23). The Morgan fingerprint density at radius 2 is 2.00 bits per heavy atom. The molecule has 0 saturated carbocycles. The number of carbonyl (C=O) groups excluding carboxylic acids is 1. The predicted octanol–water partition coefficient (Wildman–Crippen LogP) is 0.702. The van der Waals surface area contributed by atoms with E-state index >= 15 is 0 Å². The molecule has 0 atom stereocenters. The topological polar surface area (TPSA) is 69.0 Å². The van der Waals surface area contributed by atoms with E-state index < -0.39 is 0 Å². The Hall–Kier alpha value is -2.87. The number of anilines is 1. The van der Waals surface area contributed by atoms with E-state index in [-0.39, 0.29) is 5.91 Å². The third-order valence-electron chi connectivity index (χ3n) is 5.66. The van der Waals surface area contributed by atoms with Crippen LogP contribution in [0.25, 0.3) is 0 Å². The van der Waals surface area contributed by atoms with Crippen LogP contribution in [-0.2, 0) is 24.8 Å². The maximum absolute atomic E-state index is 12.6. The van der Waals surface area contributed by atoms with Crippen LogP contribution in [0.15, 0.2) is 41.7 Å². The van der Waals surface area contributed by atoms with Crippen molar-refractivity contribution in [1.29, 1.82) is 0 Å². The molecule has 0 unspecified atom stereocenters. The average Bonchev–Trinajstić information content (AvgIpc) is 3.17. The first-order valence-electron chi connectivity index (χ1n) is 10.2. The van der Waals surface area contributed by atoms with Gasteiger partial charge in [0.05, 0.1) is 11.9 Å². The lowest BCUT2D eigenvalue weighted by molar-refractivity contribution is -0.120. The fraction of sp³-hybridized carbons (Fsp3) is 0.476. The number of carbonyl (C=O) groups is 1. The van der Waals surface area contributed by atoms with Gasteiger partial charge in [0, 0.05) is 59.6 Å².